The summed E-state index contributed by atoms with van der Waals surface area (Å²) in [6.07, 6.45) is -4.70. The molecule has 39 heavy (non-hydrogen) atoms. The molecule has 0 saturated carbocycles. The zero-order chi connectivity index (χ0) is 28.4. The van der Waals surface area contributed by atoms with E-state index in [9.17, 15) is 36.5 Å². The van der Waals surface area contributed by atoms with Crippen molar-refractivity contribution in [1.82, 2.24) is 14.5 Å². The number of carbonyl (C=O) groups excluding carboxylic acids is 1. The van der Waals surface area contributed by atoms with Gasteiger partial charge in [-0.2, -0.15) is 18.3 Å². The molecule has 1 heterocycles. The molecular formula is C25H19F3N4O6S. The quantitative estimate of drug-likeness (QED) is 0.244. The molecule has 0 atom stereocenters. The summed E-state index contributed by atoms with van der Waals surface area (Å²) in [5.41, 5.74) is 0.953. The largest absolute Gasteiger partial charge is 0.435 e. The Labute approximate surface area is 219 Å². The highest BCUT2D eigenvalue weighted by Gasteiger charge is 2.35. The summed E-state index contributed by atoms with van der Waals surface area (Å²) in [4.78, 5) is 26.7. The van der Waals surface area contributed by atoms with Crippen LogP contribution in [-0.4, -0.2) is 29.2 Å². The number of alkyl halides is 3. The molecular weight excluding hydrogens is 541 g/mol. The Bertz CT molecular complexity index is 1620. The van der Waals surface area contributed by atoms with Crippen LogP contribution in [0.5, 0.6) is 0 Å². The van der Waals surface area contributed by atoms with Gasteiger partial charge in [0.1, 0.15) is 6.61 Å². The molecule has 1 N–H and O–H groups in total. The first kappa shape index (κ1) is 27.3. The van der Waals surface area contributed by atoms with Crippen molar-refractivity contribution in [3.63, 3.8) is 0 Å². The number of nitrogens with one attached hydrogen (secondary N) is 1. The second-order valence-electron chi connectivity index (χ2n) is 8.31. The van der Waals surface area contributed by atoms with Gasteiger partial charge >= 0.3 is 6.18 Å². The van der Waals surface area contributed by atoms with E-state index in [1.165, 1.54) is 36.4 Å². The van der Waals surface area contributed by atoms with Crippen LogP contribution in [0.2, 0.25) is 0 Å². The number of carbonyl (C=O) groups is 1. The summed E-state index contributed by atoms with van der Waals surface area (Å²) in [6, 6.07) is 17.8. The van der Waals surface area contributed by atoms with Gasteiger partial charge in [-0.25, -0.2) is 17.8 Å². The Kier molecular flexibility index (Phi) is 7.40. The van der Waals surface area contributed by atoms with Gasteiger partial charge in [-0.1, -0.05) is 42.0 Å². The Hall–Kier alpha value is -4.72. The van der Waals surface area contributed by atoms with Crippen molar-refractivity contribution >= 4 is 15.9 Å². The topological polar surface area (TPSA) is 133 Å². The molecule has 0 radical (unpaired) electrons. The molecule has 1 aromatic heterocycles. The van der Waals surface area contributed by atoms with E-state index >= 15 is 0 Å². The highest BCUT2D eigenvalue weighted by atomic mass is 32.2. The third-order valence-electron chi connectivity index (χ3n) is 5.52. The lowest BCUT2D eigenvalue weighted by molar-refractivity contribution is -0.763. The molecule has 202 valence electrons. The number of halogens is 3. The molecule has 0 aliphatic heterocycles. The average Bonchev–Trinajstić information content (AvgIpc) is 3.34. The first-order valence-electron chi connectivity index (χ1n) is 11.1. The number of sulfonamides is 1. The lowest BCUT2D eigenvalue weighted by Gasteiger charge is -2.11. The van der Waals surface area contributed by atoms with E-state index in [1.807, 2.05) is 11.6 Å². The molecule has 0 aliphatic rings. The molecule has 0 fully saturated rings. The Balaban J connectivity index is 1.57. The zero-order valence-electron chi connectivity index (χ0n) is 20.0. The van der Waals surface area contributed by atoms with E-state index in [4.69, 9.17) is 0 Å². The number of hydrogen-bond donors (Lipinski definition) is 1. The van der Waals surface area contributed by atoms with Crippen LogP contribution in [0, 0.1) is 17.0 Å². The number of amides is 1. The van der Waals surface area contributed by atoms with Gasteiger partial charge < -0.3 is 4.84 Å². The molecule has 1 amide bonds. The minimum atomic E-state index is -4.70. The van der Waals surface area contributed by atoms with Gasteiger partial charge in [-0.3, -0.25) is 4.79 Å². The van der Waals surface area contributed by atoms with Crippen molar-refractivity contribution in [1.29, 1.82) is 0 Å². The van der Waals surface area contributed by atoms with Gasteiger partial charge in [0.25, 0.3) is 21.0 Å². The van der Waals surface area contributed by atoms with Crippen molar-refractivity contribution in [3.05, 3.63) is 111 Å². The number of benzene rings is 3. The van der Waals surface area contributed by atoms with Crippen molar-refractivity contribution in [2.75, 3.05) is 0 Å². The molecule has 3 aromatic carbocycles. The predicted octanol–water partition coefficient (Wildman–Crippen LogP) is 4.69. The molecule has 10 nitrogen and oxygen atoms in total. The Morgan fingerprint density at radius 1 is 1.03 bits per heavy atom. The highest BCUT2D eigenvalue weighted by molar-refractivity contribution is 7.90. The van der Waals surface area contributed by atoms with Crippen molar-refractivity contribution in [2.24, 2.45) is 0 Å². The van der Waals surface area contributed by atoms with Crippen LogP contribution in [0.15, 0.2) is 83.8 Å². The van der Waals surface area contributed by atoms with Gasteiger partial charge in [0, 0.05) is 11.1 Å². The molecule has 0 saturated heterocycles. The van der Waals surface area contributed by atoms with Crippen LogP contribution >= 0.6 is 0 Å². The second kappa shape index (κ2) is 10.6. The van der Waals surface area contributed by atoms with Gasteiger partial charge in [0.15, 0.2) is 5.69 Å². The molecule has 0 unspecified atom stereocenters. The van der Waals surface area contributed by atoms with E-state index in [2.05, 4.69) is 9.94 Å². The zero-order valence-corrected chi connectivity index (χ0v) is 20.9. The fourth-order valence-corrected chi connectivity index (χ4v) is 4.51. The third-order valence-corrected chi connectivity index (χ3v) is 6.87. The Morgan fingerprint density at radius 3 is 2.21 bits per heavy atom. The number of aromatic nitrogens is 2. The van der Waals surface area contributed by atoms with Crippen molar-refractivity contribution in [2.45, 2.75) is 24.6 Å². The van der Waals surface area contributed by atoms with Gasteiger partial charge in [0.05, 0.1) is 16.3 Å². The maximum Gasteiger partial charge on any atom is 0.435 e. The summed E-state index contributed by atoms with van der Waals surface area (Å²) in [6.45, 7) is 1.50. The third kappa shape index (κ3) is 6.41. The van der Waals surface area contributed by atoms with Gasteiger partial charge in [0.2, 0.25) is 0 Å². The molecule has 0 aliphatic carbocycles. The van der Waals surface area contributed by atoms with Crippen LogP contribution in [0.3, 0.4) is 0 Å². The second-order valence-corrected chi connectivity index (χ2v) is 10.00. The molecule has 4 aromatic rings. The molecule has 0 bridgehead atoms. The predicted molar refractivity (Wildman–Crippen MR) is 132 cm³/mol. The molecule has 14 heteroatoms. The lowest BCUT2D eigenvalue weighted by atomic mass is 10.1. The number of hydrogen-bond acceptors (Lipinski definition) is 7. The number of rotatable bonds is 8. The van der Waals surface area contributed by atoms with Crippen molar-refractivity contribution in [3.8, 4) is 16.9 Å². The fraction of sp³-hybridized carbons (Fsp3) is 0.120. The van der Waals surface area contributed by atoms with Crippen LogP contribution < -0.4 is 4.72 Å². The SMILES string of the molecule is Cc1ccc(-c2cc(C(F)(F)F)nn2-c2ccc(S(=O)(=O)NC(=O)c3ccc(CO[N+](=O)[O-])cc3)cc2)cc1. The summed E-state index contributed by atoms with van der Waals surface area (Å²) < 4.78 is 68.8. The van der Waals surface area contributed by atoms with E-state index in [0.717, 1.165) is 28.4 Å². The lowest BCUT2D eigenvalue weighted by Crippen LogP contribution is -2.30. The van der Waals surface area contributed by atoms with Crippen LogP contribution in [0.4, 0.5) is 13.2 Å². The van der Waals surface area contributed by atoms with Crippen LogP contribution in [0.25, 0.3) is 16.9 Å². The maximum absolute atomic E-state index is 13.4. The fourth-order valence-electron chi connectivity index (χ4n) is 3.53. The van der Waals surface area contributed by atoms with Gasteiger partial charge in [-0.15, -0.1) is 10.1 Å². The number of aryl methyl sites for hydroxylation is 1. The first-order valence-corrected chi connectivity index (χ1v) is 12.6. The van der Waals surface area contributed by atoms with Crippen molar-refractivity contribution < 1.29 is 36.3 Å². The van der Waals surface area contributed by atoms with Crippen LogP contribution in [-0.2, 0) is 27.6 Å². The normalized spacial score (nSPS) is 11.7. The minimum absolute atomic E-state index is 0.0287. The highest BCUT2D eigenvalue weighted by Crippen LogP contribution is 2.33. The van der Waals surface area contributed by atoms with E-state index < -0.39 is 32.9 Å². The van der Waals surface area contributed by atoms with E-state index in [1.54, 1.807) is 24.3 Å². The summed E-state index contributed by atoms with van der Waals surface area (Å²) >= 11 is 0. The van der Waals surface area contributed by atoms with Gasteiger partial charge in [-0.05, 0) is 55.0 Å². The molecule has 4 rings (SSSR count). The minimum Gasteiger partial charge on any atom is -0.309 e. The number of nitrogens with zero attached hydrogens (tertiary/aromatic N) is 3. The average molecular weight is 561 g/mol. The van der Waals surface area contributed by atoms with E-state index in [-0.39, 0.29) is 28.4 Å². The molecule has 0 spiro atoms. The van der Waals surface area contributed by atoms with Crippen LogP contribution in [0.1, 0.15) is 27.2 Å². The standard InChI is InChI=1S/C25H19F3N4O6S/c1-16-2-6-18(7-3-16)22-14-23(25(26,27)28)29-31(22)20-10-12-21(13-11-20)39(36,37)30-24(33)19-8-4-17(5-9-19)15-38-32(34)35/h2-14H,15H2,1H3,(H,30,33). The monoisotopic (exact) mass is 560 g/mol. The Morgan fingerprint density at radius 2 is 1.64 bits per heavy atom. The smallest absolute Gasteiger partial charge is 0.309 e. The maximum atomic E-state index is 13.4. The first-order chi connectivity index (χ1) is 18.3. The summed E-state index contributed by atoms with van der Waals surface area (Å²) in [5, 5.41) is 13.0. The summed E-state index contributed by atoms with van der Waals surface area (Å²) in [7, 11) is -4.35. The summed E-state index contributed by atoms with van der Waals surface area (Å²) in [5.74, 6) is -0.954. The van der Waals surface area contributed by atoms with E-state index in [0.29, 0.717) is 11.1 Å².